The van der Waals surface area contributed by atoms with Gasteiger partial charge in [-0.15, -0.1) is 0 Å². The van der Waals surface area contributed by atoms with Crippen LogP contribution in [0.3, 0.4) is 0 Å². The minimum absolute atomic E-state index is 0.198. The van der Waals surface area contributed by atoms with Crippen molar-refractivity contribution in [3.8, 4) is 5.75 Å². The molecule has 1 unspecified atom stereocenters. The molecule has 1 aromatic heterocycles. The molecule has 0 saturated heterocycles. The van der Waals surface area contributed by atoms with Crippen LogP contribution < -0.4 is 10.5 Å². The number of ether oxygens (including phenoxy) is 1. The van der Waals surface area contributed by atoms with Gasteiger partial charge in [-0.25, -0.2) is 4.39 Å². The van der Waals surface area contributed by atoms with Crippen molar-refractivity contribution in [3.05, 3.63) is 64.6 Å². The number of hydrogen-bond acceptors (Lipinski definition) is 3. The van der Waals surface area contributed by atoms with E-state index in [2.05, 4.69) is 0 Å². The van der Waals surface area contributed by atoms with Gasteiger partial charge in [-0.2, -0.15) is 0 Å². The first-order chi connectivity index (χ1) is 10.1. The van der Waals surface area contributed by atoms with Crippen LogP contribution >= 0.6 is 11.6 Å². The van der Waals surface area contributed by atoms with Gasteiger partial charge in [0.2, 0.25) is 0 Å². The number of nitrogens with two attached hydrogens (primary N) is 1. The fraction of sp³-hybridized carbons (Fsp3) is 0.125. The summed E-state index contributed by atoms with van der Waals surface area (Å²) in [6.07, 6.45) is 0. The maximum atomic E-state index is 13.7. The number of halogens is 2. The number of benzene rings is 2. The first-order valence-electron chi connectivity index (χ1n) is 6.37. The Morgan fingerprint density at radius 2 is 2.05 bits per heavy atom. The van der Waals surface area contributed by atoms with E-state index in [1.165, 1.54) is 6.07 Å². The molecule has 3 aromatic rings. The topological polar surface area (TPSA) is 48.4 Å². The average molecular weight is 306 g/mol. The Hall–Kier alpha value is -2.04. The van der Waals surface area contributed by atoms with Crippen molar-refractivity contribution in [2.24, 2.45) is 5.73 Å². The zero-order valence-corrected chi connectivity index (χ0v) is 12.0. The van der Waals surface area contributed by atoms with Crippen LogP contribution in [0.2, 0.25) is 5.02 Å². The number of methoxy groups -OCH3 is 1. The molecule has 3 rings (SSSR count). The van der Waals surface area contributed by atoms with E-state index in [9.17, 15) is 4.39 Å². The van der Waals surface area contributed by atoms with Gasteiger partial charge in [-0.1, -0.05) is 23.7 Å². The Morgan fingerprint density at radius 3 is 2.76 bits per heavy atom. The van der Waals surface area contributed by atoms with Crippen molar-refractivity contribution in [2.75, 3.05) is 7.11 Å². The Bertz CT molecular complexity index is 800. The highest BCUT2D eigenvalue weighted by Crippen LogP contribution is 2.33. The molecule has 0 bridgehead atoms. The zero-order chi connectivity index (χ0) is 15.0. The van der Waals surface area contributed by atoms with Crippen LogP contribution in [-0.4, -0.2) is 7.11 Å². The van der Waals surface area contributed by atoms with Gasteiger partial charge in [0.1, 0.15) is 11.5 Å². The van der Waals surface area contributed by atoms with E-state index in [4.69, 9.17) is 26.5 Å². The Kier molecular flexibility index (Phi) is 3.57. The molecular weight excluding hydrogens is 293 g/mol. The monoisotopic (exact) mass is 305 g/mol. The quantitative estimate of drug-likeness (QED) is 0.785. The third-order valence-corrected chi connectivity index (χ3v) is 3.58. The number of hydrogen-bond donors (Lipinski definition) is 1. The van der Waals surface area contributed by atoms with Crippen LogP contribution in [-0.2, 0) is 0 Å². The van der Waals surface area contributed by atoms with Crippen molar-refractivity contribution in [1.29, 1.82) is 0 Å². The predicted molar refractivity (Wildman–Crippen MR) is 80.2 cm³/mol. The third-order valence-electron chi connectivity index (χ3n) is 3.35. The molecule has 0 spiro atoms. The van der Waals surface area contributed by atoms with Gasteiger partial charge in [0, 0.05) is 16.0 Å². The molecule has 0 aliphatic rings. The summed E-state index contributed by atoms with van der Waals surface area (Å²) in [6, 6.07) is 11.1. The lowest BCUT2D eigenvalue weighted by Gasteiger charge is -2.14. The van der Waals surface area contributed by atoms with Crippen molar-refractivity contribution in [3.63, 3.8) is 0 Å². The number of para-hydroxylation sites is 1. The van der Waals surface area contributed by atoms with Gasteiger partial charge in [0.05, 0.1) is 13.2 Å². The molecule has 1 atom stereocenters. The van der Waals surface area contributed by atoms with Crippen LogP contribution in [0.25, 0.3) is 11.0 Å². The van der Waals surface area contributed by atoms with Gasteiger partial charge >= 0.3 is 0 Å². The van der Waals surface area contributed by atoms with Crippen LogP contribution in [0, 0.1) is 5.82 Å². The highest BCUT2D eigenvalue weighted by Gasteiger charge is 2.19. The van der Waals surface area contributed by atoms with Crippen molar-refractivity contribution in [2.45, 2.75) is 6.04 Å². The molecule has 0 radical (unpaired) electrons. The Labute approximate surface area is 126 Å². The molecule has 0 amide bonds. The van der Waals surface area contributed by atoms with E-state index < -0.39 is 11.9 Å². The second-order valence-electron chi connectivity index (χ2n) is 4.67. The second-order valence-corrected chi connectivity index (χ2v) is 5.11. The number of furan rings is 1. The molecule has 21 heavy (non-hydrogen) atoms. The van der Waals surface area contributed by atoms with Crippen molar-refractivity contribution >= 4 is 22.6 Å². The lowest BCUT2D eigenvalue weighted by molar-refractivity contribution is 0.404. The number of fused-ring (bicyclic) bond motifs is 1. The molecule has 2 aromatic carbocycles. The third kappa shape index (κ3) is 2.48. The SMILES string of the molecule is COc1ccc(Cl)cc1C(N)c1cc2cccc(F)c2o1. The van der Waals surface area contributed by atoms with Crippen LogP contribution in [0.5, 0.6) is 5.75 Å². The largest absolute Gasteiger partial charge is 0.496 e. The summed E-state index contributed by atoms with van der Waals surface area (Å²) in [5, 5.41) is 1.21. The lowest BCUT2D eigenvalue weighted by Crippen LogP contribution is -2.12. The summed E-state index contributed by atoms with van der Waals surface area (Å²) in [4.78, 5) is 0. The molecule has 0 saturated carbocycles. The van der Waals surface area contributed by atoms with Crippen LogP contribution in [0.15, 0.2) is 46.9 Å². The summed E-state index contributed by atoms with van der Waals surface area (Å²) in [5.41, 5.74) is 7.10. The molecule has 2 N–H and O–H groups in total. The van der Waals surface area contributed by atoms with Crippen LogP contribution in [0.4, 0.5) is 4.39 Å². The minimum Gasteiger partial charge on any atom is -0.496 e. The lowest BCUT2D eigenvalue weighted by atomic mass is 10.0. The molecule has 3 nitrogen and oxygen atoms in total. The maximum absolute atomic E-state index is 13.7. The van der Waals surface area contributed by atoms with E-state index in [0.717, 1.165) is 0 Å². The van der Waals surface area contributed by atoms with Crippen molar-refractivity contribution < 1.29 is 13.5 Å². The fourth-order valence-electron chi connectivity index (χ4n) is 2.30. The van der Waals surface area contributed by atoms with Crippen molar-refractivity contribution in [1.82, 2.24) is 0 Å². The van der Waals surface area contributed by atoms with Gasteiger partial charge < -0.3 is 14.9 Å². The van der Waals surface area contributed by atoms with E-state index in [-0.39, 0.29) is 5.58 Å². The average Bonchev–Trinajstić information content (AvgIpc) is 2.92. The molecule has 5 heteroatoms. The predicted octanol–water partition coefficient (Wildman–Crippen LogP) is 4.28. The normalized spacial score (nSPS) is 12.6. The second kappa shape index (κ2) is 5.39. The number of rotatable bonds is 3. The van der Waals surface area contributed by atoms with E-state index in [1.54, 1.807) is 43.5 Å². The highest BCUT2D eigenvalue weighted by atomic mass is 35.5. The van der Waals surface area contributed by atoms with Gasteiger partial charge in [0.25, 0.3) is 0 Å². The molecular formula is C16H13ClFNO2. The summed E-state index contributed by atoms with van der Waals surface area (Å²) < 4.78 is 24.5. The highest BCUT2D eigenvalue weighted by molar-refractivity contribution is 6.30. The van der Waals surface area contributed by atoms with Crippen LogP contribution in [0.1, 0.15) is 17.4 Å². The molecule has 0 aliphatic carbocycles. The Balaban J connectivity index is 2.10. The Morgan fingerprint density at radius 1 is 1.24 bits per heavy atom. The summed E-state index contributed by atoms with van der Waals surface area (Å²) >= 11 is 6.01. The first kappa shape index (κ1) is 13.9. The van der Waals surface area contributed by atoms with E-state index in [1.807, 2.05) is 0 Å². The summed E-state index contributed by atoms with van der Waals surface area (Å²) in [6.45, 7) is 0. The smallest absolute Gasteiger partial charge is 0.169 e. The van der Waals surface area contributed by atoms with Gasteiger partial charge in [-0.05, 0) is 30.3 Å². The zero-order valence-electron chi connectivity index (χ0n) is 11.3. The van der Waals surface area contributed by atoms with E-state index >= 15 is 0 Å². The van der Waals surface area contributed by atoms with Gasteiger partial charge in [0.15, 0.2) is 11.4 Å². The van der Waals surface area contributed by atoms with Gasteiger partial charge in [-0.3, -0.25) is 0 Å². The molecule has 1 heterocycles. The first-order valence-corrected chi connectivity index (χ1v) is 6.75. The minimum atomic E-state index is -0.592. The standard InChI is InChI=1S/C16H13ClFNO2/c1-20-13-6-5-10(17)8-11(13)15(19)14-7-9-3-2-4-12(18)16(9)21-14/h2-8,15H,19H2,1H3. The molecule has 0 aliphatic heterocycles. The maximum Gasteiger partial charge on any atom is 0.169 e. The summed E-state index contributed by atoms with van der Waals surface area (Å²) in [5.74, 6) is 0.646. The molecule has 108 valence electrons. The summed E-state index contributed by atoms with van der Waals surface area (Å²) in [7, 11) is 1.55. The molecule has 0 fully saturated rings. The van der Waals surface area contributed by atoms with E-state index in [0.29, 0.717) is 27.5 Å². The fourth-order valence-corrected chi connectivity index (χ4v) is 2.48.